The fraction of sp³-hybridized carbons (Fsp3) is 0.444. The summed E-state index contributed by atoms with van der Waals surface area (Å²) in [6, 6.07) is 6.65. The van der Waals surface area contributed by atoms with Gasteiger partial charge in [0.25, 0.3) is 0 Å². The highest BCUT2D eigenvalue weighted by Crippen LogP contribution is 2.26. The number of aromatic carboxylic acids is 1. The number of piperidine rings is 1. The van der Waals surface area contributed by atoms with Crippen LogP contribution in [0.15, 0.2) is 28.8 Å². The third-order valence-corrected chi connectivity index (χ3v) is 4.50. The van der Waals surface area contributed by atoms with Crippen LogP contribution in [0, 0.1) is 6.92 Å². The fourth-order valence-corrected chi connectivity index (χ4v) is 3.11. The summed E-state index contributed by atoms with van der Waals surface area (Å²) in [5, 5.41) is 12.7. The van der Waals surface area contributed by atoms with Gasteiger partial charge in [-0.2, -0.15) is 4.98 Å². The van der Waals surface area contributed by atoms with E-state index in [4.69, 9.17) is 9.63 Å². The molecule has 1 N–H and O–H groups in total. The summed E-state index contributed by atoms with van der Waals surface area (Å²) < 4.78 is 5.24. The highest BCUT2D eigenvalue weighted by atomic mass is 16.5. The van der Waals surface area contributed by atoms with Crippen LogP contribution in [0.2, 0.25) is 0 Å². The van der Waals surface area contributed by atoms with Gasteiger partial charge in [-0.25, -0.2) is 4.79 Å². The van der Waals surface area contributed by atoms with E-state index in [1.54, 1.807) is 31.2 Å². The van der Waals surface area contributed by atoms with Crippen molar-refractivity contribution in [1.82, 2.24) is 15.0 Å². The fourth-order valence-electron chi connectivity index (χ4n) is 3.11. The van der Waals surface area contributed by atoms with E-state index in [2.05, 4.69) is 10.1 Å². The van der Waals surface area contributed by atoms with Gasteiger partial charge >= 0.3 is 5.97 Å². The zero-order valence-electron chi connectivity index (χ0n) is 14.1. The zero-order valence-corrected chi connectivity index (χ0v) is 14.1. The van der Waals surface area contributed by atoms with Gasteiger partial charge in [-0.3, -0.25) is 4.79 Å². The molecule has 0 radical (unpaired) electrons. The zero-order chi connectivity index (χ0) is 17.8. The molecular weight excluding hydrogens is 322 g/mol. The Bertz CT molecular complexity index is 754. The monoisotopic (exact) mass is 343 g/mol. The maximum atomic E-state index is 12.5. The molecule has 25 heavy (non-hydrogen) atoms. The van der Waals surface area contributed by atoms with Gasteiger partial charge in [0.05, 0.1) is 11.5 Å². The normalized spacial score (nSPS) is 17.5. The molecule has 1 aliphatic rings. The number of hydrogen-bond donors (Lipinski definition) is 1. The van der Waals surface area contributed by atoms with Gasteiger partial charge in [-0.05, 0) is 43.9 Å². The van der Waals surface area contributed by atoms with Crippen LogP contribution in [0.1, 0.15) is 52.8 Å². The third kappa shape index (κ3) is 4.23. The van der Waals surface area contributed by atoms with Gasteiger partial charge in [0.1, 0.15) is 0 Å². The van der Waals surface area contributed by atoms with Crippen molar-refractivity contribution in [1.29, 1.82) is 0 Å². The average Bonchev–Trinajstić information content (AvgIpc) is 3.06. The van der Waals surface area contributed by atoms with Crippen molar-refractivity contribution in [3.05, 3.63) is 47.1 Å². The Morgan fingerprint density at radius 1 is 1.32 bits per heavy atom. The minimum Gasteiger partial charge on any atom is -0.478 e. The molecule has 1 fully saturated rings. The van der Waals surface area contributed by atoms with Crippen molar-refractivity contribution >= 4 is 11.9 Å². The van der Waals surface area contributed by atoms with Crippen LogP contribution in [0.5, 0.6) is 0 Å². The second-order valence-electron chi connectivity index (χ2n) is 6.36. The summed E-state index contributed by atoms with van der Waals surface area (Å²) in [4.78, 5) is 29.5. The molecule has 2 aromatic rings. The SMILES string of the molecule is Cc1noc(C2CCCN(C(=O)CCc3ccc(C(=O)O)cc3)C2)n1. The summed E-state index contributed by atoms with van der Waals surface area (Å²) in [5.41, 5.74) is 1.21. The highest BCUT2D eigenvalue weighted by molar-refractivity contribution is 5.87. The van der Waals surface area contributed by atoms with Crippen molar-refractivity contribution in [2.24, 2.45) is 0 Å². The molecule has 3 rings (SSSR count). The summed E-state index contributed by atoms with van der Waals surface area (Å²) in [6.45, 7) is 3.15. The minimum atomic E-state index is -0.946. The van der Waals surface area contributed by atoms with Crippen molar-refractivity contribution in [3.8, 4) is 0 Å². The lowest BCUT2D eigenvalue weighted by atomic mass is 9.97. The van der Waals surface area contributed by atoms with Crippen molar-refractivity contribution in [2.75, 3.05) is 13.1 Å². The molecule has 0 aliphatic carbocycles. The van der Waals surface area contributed by atoms with Gasteiger partial charge in [0.2, 0.25) is 11.8 Å². The molecule has 1 unspecified atom stereocenters. The number of aryl methyl sites for hydroxylation is 2. The average molecular weight is 343 g/mol. The Labute approximate surface area is 145 Å². The van der Waals surface area contributed by atoms with E-state index in [-0.39, 0.29) is 17.4 Å². The van der Waals surface area contributed by atoms with Crippen LogP contribution in [-0.4, -0.2) is 45.1 Å². The molecular formula is C18H21N3O4. The number of hydrogen-bond acceptors (Lipinski definition) is 5. The number of carboxylic acid groups (broad SMARTS) is 1. The Morgan fingerprint density at radius 2 is 2.08 bits per heavy atom. The van der Waals surface area contributed by atoms with Crippen LogP contribution < -0.4 is 0 Å². The van der Waals surface area contributed by atoms with Crippen LogP contribution in [-0.2, 0) is 11.2 Å². The molecule has 1 saturated heterocycles. The van der Waals surface area contributed by atoms with E-state index in [0.29, 0.717) is 31.1 Å². The maximum Gasteiger partial charge on any atom is 0.335 e. The van der Waals surface area contributed by atoms with E-state index < -0.39 is 5.97 Å². The Morgan fingerprint density at radius 3 is 2.72 bits per heavy atom. The standard InChI is InChI=1S/C18H21N3O4/c1-12-19-17(25-20-12)15-3-2-10-21(11-15)16(22)9-6-13-4-7-14(8-5-13)18(23)24/h4-5,7-8,15H,2-3,6,9-11H2,1H3,(H,23,24). The number of likely N-dealkylation sites (tertiary alicyclic amines) is 1. The summed E-state index contributed by atoms with van der Waals surface area (Å²) >= 11 is 0. The van der Waals surface area contributed by atoms with E-state index in [0.717, 1.165) is 24.9 Å². The van der Waals surface area contributed by atoms with Gasteiger partial charge in [0, 0.05) is 19.5 Å². The molecule has 7 heteroatoms. The first-order chi connectivity index (χ1) is 12.0. The molecule has 1 amide bonds. The van der Waals surface area contributed by atoms with Crippen LogP contribution in [0.25, 0.3) is 0 Å². The number of carboxylic acids is 1. The van der Waals surface area contributed by atoms with Crippen LogP contribution in [0.4, 0.5) is 0 Å². The quantitative estimate of drug-likeness (QED) is 0.895. The molecule has 0 bridgehead atoms. The number of aromatic nitrogens is 2. The number of nitrogens with zero attached hydrogens (tertiary/aromatic N) is 3. The van der Waals surface area contributed by atoms with Gasteiger partial charge in [-0.1, -0.05) is 17.3 Å². The second-order valence-corrected chi connectivity index (χ2v) is 6.36. The molecule has 1 atom stereocenters. The Balaban J connectivity index is 1.54. The number of carbonyl (C=O) groups excluding carboxylic acids is 1. The topological polar surface area (TPSA) is 96.5 Å². The molecule has 0 spiro atoms. The molecule has 2 heterocycles. The lowest BCUT2D eigenvalue weighted by Gasteiger charge is -2.31. The van der Waals surface area contributed by atoms with Gasteiger partial charge < -0.3 is 14.5 Å². The molecule has 1 aromatic heterocycles. The first kappa shape index (κ1) is 17.1. The summed E-state index contributed by atoms with van der Waals surface area (Å²) in [7, 11) is 0. The summed E-state index contributed by atoms with van der Waals surface area (Å²) in [5.74, 6) is 0.484. The van der Waals surface area contributed by atoms with Crippen molar-refractivity contribution in [2.45, 2.75) is 38.5 Å². The largest absolute Gasteiger partial charge is 0.478 e. The summed E-state index contributed by atoms with van der Waals surface area (Å²) in [6.07, 6.45) is 2.87. The Kier molecular flexibility index (Phi) is 5.11. The van der Waals surface area contributed by atoms with Gasteiger partial charge in [0.15, 0.2) is 5.82 Å². The van der Waals surface area contributed by atoms with Crippen LogP contribution >= 0.6 is 0 Å². The highest BCUT2D eigenvalue weighted by Gasteiger charge is 2.28. The molecule has 0 saturated carbocycles. The minimum absolute atomic E-state index is 0.100. The van der Waals surface area contributed by atoms with E-state index >= 15 is 0 Å². The van der Waals surface area contributed by atoms with Crippen LogP contribution in [0.3, 0.4) is 0 Å². The Hall–Kier alpha value is -2.70. The van der Waals surface area contributed by atoms with E-state index in [1.807, 2.05) is 4.90 Å². The number of rotatable bonds is 5. The smallest absolute Gasteiger partial charge is 0.335 e. The van der Waals surface area contributed by atoms with Crippen molar-refractivity contribution in [3.63, 3.8) is 0 Å². The maximum absolute atomic E-state index is 12.5. The first-order valence-corrected chi connectivity index (χ1v) is 8.43. The molecule has 1 aromatic carbocycles. The number of carbonyl (C=O) groups is 2. The lowest BCUT2D eigenvalue weighted by molar-refractivity contribution is -0.132. The first-order valence-electron chi connectivity index (χ1n) is 8.43. The molecule has 132 valence electrons. The predicted octanol–water partition coefficient (Wildman–Crippen LogP) is 2.42. The second kappa shape index (κ2) is 7.46. The number of amides is 1. The number of benzene rings is 1. The molecule has 7 nitrogen and oxygen atoms in total. The van der Waals surface area contributed by atoms with E-state index in [9.17, 15) is 9.59 Å². The van der Waals surface area contributed by atoms with E-state index in [1.165, 1.54) is 0 Å². The lowest BCUT2D eigenvalue weighted by Crippen LogP contribution is -2.39. The third-order valence-electron chi connectivity index (χ3n) is 4.50. The van der Waals surface area contributed by atoms with Gasteiger partial charge in [-0.15, -0.1) is 0 Å². The van der Waals surface area contributed by atoms with Crippen molar-refractivity contribution < 1.29 is 19.2 Å². The molecule has 1 aliphatic heterocycles. The predicted molar refractivity (Wildman–Crippen MR) is 89.3 cm³/mol.